The Hall–Kier alpha value is -3.34. The maximum absolute atomic E-state index is 12.7. The Morgan fingerprint density at radius 1 is 1.04 bits per heavy atom. The molecule has 0 spiro atoms. The summed E-state index contributed by atoms with van der Waals surface area (Å²) in [6.07, 6.45) is 3.31. The predicted molar refractivity (Wildman–Crippen MR) is 107 cm³/mol. The van der Waals surface area contributed by atoms with Crippen LogP contribution >= 0.6 is 0 Å². The highest BCUT2D eigenvalue weighted by Crippen LogP contribution is 2.18. The van der Waals surface area contributed by atoms with Gasteiger partial charge in [-0.1, -0.05) is 29.8 Å². The minimum atomic E-state index is -0.0116. The van der Waals surface area contributed by atoms with Crippen molar-refractivity contribution in [1.82, 2.24) is 9.55 Å². The Morgan fingerprint density at radius 3 is 2.63 bits per heavy atom. The molecule has 136 valence electrons. The van der Waals surface area contributed by atoms with Crippen LogP contribution in [0.25, 0.3) is 10.9 Å². The van der Waals surface area contributed by atoms with E-state index in [0.29, 0.717) is 25.0 Å². The summed E-state index contributed by atoms with van der Waals surface area (Å²) in [7, 11) is 0. The first-order valence-corrected chi connectivity index (χ1v) is 8.99. The van der Waals surface area contributed by atoms with E-state index in [2.05, 4.69) is 41.1 Å². The summed E-state index contributed by atoms with van der Waals surface area (Å²) in [5.74, 6) is 0.888. The largest absolute Gasteiger partial charge is 0.467 e. The average Bonchev–Trinajstić information content (AvgIpc) is 3.20. The number of benzene rings is 2. The van der Waals surface area contributed by atoms with Gasteiger partial charge < -0.3 is 9.32 Å². The summed E-state index contributed by atoms with van der Waals surface area (Å²) < 4.78 is 7.19. The summed E-state index contributed by atoms with van der Waals surface area (Å²) in [6, 6.07) is 19.7. The standard InChI is InChI=1S/C22H21N3O2/c1-17-8-10-18(11-9-17)24(15-19-5-4-14-27-19)12-13-25-16-23-21-7-3-2-6-20(21)22(25)26/h2-11,14,16H,12-13,15H2,1H3. The van der Waals surface area contributed by atoms with Gasteiger partial charge in [-0.05, 0) is 43.3 Å². The number of anilines is 1. The van der Waals surface area contributed by atoms with Crippen molar-refractivity contribution in [2.45, 2.75) is 20.0 Å². The van der Waals surface area contributed by atoms with Crippen molar-refractivity contribution < 1.29 is 4.42 Å². The number of furan rings is 1. The zero-order valence-electron chi connectivity index (χ0n) is 15.2. The molecule has 0 aliphatic heterocycles. The number of para-hydroxylation sites is 1. The molecule has 0 unspecified atom stereocenters. The molecule has 0 aliphatic carbocycles. The molecule has 5 nitrogen and oxygen atoms in total. The number of aryl methyl sites for hydroxylation is 1. The van der Waals surface area contributed by atoms with Crippen LogP contribution in [-0.4, -0.2) is 16.1 Å². The molecule has 0 atom stereocenters. The van der Waals surface area contributed by atoms with Gasteiger partial charge in [0, 0.05) is 18.8 Å². The van der Waals surface area contributed by atoms with Crippen LogP contribution in [0.5, 0.6) is 0 Å². The number of hydrogen-bond acceptors (Lipinski definition) is 4. The number of hydrogen-bond donors (Lipinski definition) is 0. The van der Waals surface area contributed by atoms with Gasteiger partial charge in [-0.25, -0.2) is 4.98 Å². The Morgan fingerprint density at radius 2 is 1.85 bits per heavy atom. The van der Waals surface area contributed by atoms with Gasteiger partial charge in [0.25, 0.3) is 5.56 Å². The van der Waals surface area contributed by atoms with E-state index in [1.165, 1.54) is 5.56 Å². The van der Waals surface area contributed by atoms with Crippen LogP contribution in [-0.2, 0) is 13.1 Å². The van der Waals surface area contributed by atoms with E-state index in [-0.39, 0.29) is 5.56 Å². The first-order chi connectivity index (χ1) is 13.2. The van der Waals surface area contributed by atoms with Crippen molar-refractivity contribution in [3.63, 3.8) is 0 Å². The third-order valence-corrected chi connectivity index (χ3v) is 4.67. The number of nitrogens with zero attached hydrogens (tertiary/aromatic N) is 3. The van der Waals surface area contributed by atoms with Gasteiger partial charge in [0.1, 0.15) is 5.76 Å². The van der Waals surface area contributed by atoms with Gasteiger partial charge in [0.2, 0.25) is 0 Å². The summed E-state index contributed by atoms with van der Waals surface area (Å²) in [4.78, 5) is 19.3. The molecular formula is C22H21N3O2. The molecule has 4 rings (SSSR count). The summed E-state index contributed by atoms with van der Waals surface area (Å²) in [6.45, 7) is 3.93. The van der Waals surface area contributed by atoms with E-state index < -0.39 is 0 Å². The Balaban J connectivity index is 1.59. The number of aromatic nitrogens is 2. The van der Waals surface area contributed by atoms with Crippen molar-refractivity contribution in [1.29, 1.82) is 0 Å². The molecule has 0 N–H and O–H groups in total. The Bertz CT molecular complexity index is 1080. The molecule has 0 bridgehead atoms. The first kappa shape index (κ1) is 17.1. The summed E-state index contributed by atoms with van der Waals surface area (Å²) in [5, 5.41) is 0.646. The minimum absolute atomic E-state index is 0.0116. The van der Waals surface area contributed by atoms with Crippen LogP contribution in [0.1, 0.15) is 11.3 Å². The lowest BCUT2D eigenvalue weighted by Gasteiger charge is -2.24. The van der Waals surface area contributed by atoms with Crippen LogP contribution in [0.3, 0.4) is 0 Å². The third-order valence-electron chi connectivity index (χ3n) is 4.67. The predicted octanol–water partition coefficient (Wildman–Crippen LogP) is 4.00. The van der Waals surface area contributed by atoms with Crippen LogP contribution in [0.15, 0.2) is 82.5 Å². The molecule has 2 aromatic carbocycles. The van der Waals surface area contributed by atoms with E-state index in [4.69, 9.17) is 4.42 Å². The number of rotatable bonds is 6. The lowest BCUT2D eigenvalue weighted by Crippen LogP contribution is -2.31. The molecule has 0 fully saturated rings. The molecule has 0 radical (unpaired) electrons. The second-order valence-electron chi connectivity index (χ2n) is 6.60. The smallest absolute Gasteiger partial charge is 0.261 e. The van der Waals surface area contributed by atoms with Crippen molar-refractivity contribution in [2.75, 3.05) is 11.4 Å². The van der Waals surface area contributed by atoms with Gasteiger partial charge in [-0.15, -0.1) is 0 Å². The fraction of sp³-hybridized carbons (Fsp3) is 0.182. The van der Waals surface area contributed by atoms with Gasteiger partial charge >= 0.3 is 0 Å². The van der Waals surface area contributed by atoms with Gasteiger partial charge in [-0.3, -0.25) is 9.36 Å². The van der Waals surface area contributed by atoms with E-state index in [9.17, 15) is 4.79 Å². The summed E-state index contributed by atoms with van der Waals surface area (Å²) >= 11 is 0. The quantitative estimate of drug-likeness (QED) is 0.522. The molecule has 2 aromatic heterocycles. The highest BCUT2D eigenvalue weighted by molar-refractivity contribution is 5.76. The van der Waals surface area contributed by atoms with Crippen LogP contribution in [0, 0.1) is 6.92 Å². The molecule has 5 heteroatoms. The highest BCUT2D eigenvalue weighted by Gasteiger charge is 2.11. The maximum Gasteiger partial charge on any atom is 0.261 e. The zero-order chi connectivity index (χ0) is 18.6. The van der Waals surface area contributed by atoms with Crippen molar-refractivity contribution in [2.24, 2.45) is 0 Å². The van der Waals surface area contributed by atoms with E-state index in [1.807, 2.05) is 36.4 Å². The SMILES string of the molecule is Cc1ccc(N(CCn2cnc3ccccc3c2=O)Cc2ccco2)cc1. The fourth-order valence-corrected chi connectivity index (χ4v) is 3.14. The molecule has 0 aliphatic rings. The fourth-order valence-electron chi connectivity index (χ4n) is 3.14. The molecule has 0 amide bonds. The van der Waals surface area contributed by atoms with E-state index >= 15 is 0 Å². The van der Waals surface area contributed by atoms with Gasteiger partial charge in [0.05, 0.1) is 30.0 Å². The second kappa shape index (κ2) is 7.50. The molecule has 27 heavy (non-hydrogen) atoms. The Kier molecular flexibility index (Phi) is 4.75. The summed E-state index contributed by atoms with van der Waals surface area (Å²) in [5.41, 5.74) is 3.03. The van der Waals surface area contributed by atoms with E-state index in [1.54, 1.807) is 17.2 Å². The maximum atomic E-state index is 12.7. The van der Waals surface area contributed by atoms with Crippen molar-refractivity contribution in [3.05, 3.63) is 94.9 Å². The molecule has 4 aromatic rings. The zero-order valence-corrected chi connectivity index (χ0v) is 15.2. The van der Waals surface area contributed by atoms with Crippen molar-refractivity contribution >= 4 is 16.6 Å². The molecular weight excluding hydrogens is 338 g/mol. The minimum Gasteiger partial charge on any atom is -0.467 e. The highest BCUT2D eigenvalue weighted by atomic mass is 16.3. The van der Waals surface area contributed by atoms with Gasteiger partial charge in [0.15, 0.2) is 0 Å². The third kappa shape index (κ3) is 3.77. The van der Waals surface area contributed by atoms with Gasteiger partial charge in [-0.2, -0.15) is 0 Å². The lowest BCUT2D eigenvalue weighted by molar-refractivity contribution is 0.496. The monoisotopic (exact) mass is 359 g/mol. The van der Waals surface area contributed by atoms with Crippen LogP contribution < -0.4 is 10.5 Å². The normalized spacial score (nSPS) is 11.0. The van der Waals surface area contributed by atoms with Crippen LogP contribution in [0.4, 0.5) is 5.69 Å². The second-order valence-corrected chi connectivity index (χ2v) is 6.60. The first-order valence-electron chi connectivity index (χ1n) is 8.99. The topological polar surface area (TPSA) is 51.3 Å². The molecule has 0 saturated carbocycles. The molecule has 0 saturated heterocycles. The van der Waals surface area contributed by atoms with Crippen LogP contribution in [0.2, 0.25) is 0 Å². The number of fused-ring (bicyclic) bond motifs is 1. The van der Waals surface area contributed by atoms with E-state index in [0.717, 1.165) is 17.0 Å². The van der Waals surface area contributed by atoms with Crippen molar-refractivity contribution in [3.8, 4) is 0 Å². The Labute approximate surface area is 157 Å². The molecule has 2 heterocycles. The lowest BCUT2D eigenvalue weighted by atomic mass is 10.2. The average molecular weight is 359 g/mol.